The summed E-state index contributed by atoms with van der Waals surface area (Å²) < 4.78 is 11.8. The van der Waals surface area contributed by atoms with E-state index < -0.39 is 0 Å². The van der Waals surface area contributed by atoms with E-state index in [-0.39, 0.29) is 12.1 Å². The minimum absolute atomic E-state index is 0.0856. The second-order valence-electron chi connectivity index (χ2n) is 7.43. The summed E-state index contributed by atoms with van der Waals surface area (Å²) in [5.41, 5.74) is 2.41. The van der Waals surface area contributed by atoms with E-state index in [1.54, 1.807) is 4.90 Å². The second-order valence-corrected chi connectivity index (χ2v) is 7.43. The lowest BCUT2D eigenvalue weighted by atomic mass is 10.1. The molecule has 1 aliphatic heterocycles. The van der Waals surface area contributed by atoms with Gasteiger partial charge >= 0.3 is 6.03 Å². The lowest BCUT2D eigenvalue weighted by molar-refractivity contribution is 0.0675. The number of carbonyl (C=O) groups excluding carboxylic acids is 1. The van der Waals surface area contributed by atoms with Crippen LogP contribution in [0.5, 0.6) is 11.5 Å². The van der Waals surface area contributed by atoms with Gasteiger partial charge < -0.3 is 19.7 Å². The van der Waals surface area contributed by atoms with Crippen molar-refractivity contribution in [2.45, 2.75) is 40.0 Å². The monoisotopic (exact) mass is 411 g/mol. The second kappa shape index (κ2) is 10.9. The summed E-state index contributed by atoms with van der Waals surface area (Å²) in [4.78, 5) is 17.0. The molecular weight excluding hydrogens is 378 g/mol. The van der Waals surface area contributed by atoms with Gasteiger partial charge in [-0.05, 0) is 43.3 Å². The Morgan fingerprint density at radius 1 is 0.967 bits per heavy atom. The van der Waals surface area contributed by atoms with Crippen LogP contribution in [0.4, 0.5) is 4.79 Å². The van der Waals surface area contributed by atoms with Crippen LogP contribution in [0, 0.1) is 0 Å². The molecule has 2 amide bonds. The van der Waals surface area contributed by atoms with Gasteiger partial charge in [-0.25, -0.2) is 4.79 Å². The number of amides is 2. The zero-order valence-corrected chi connectivity index (χ0v) is 18.3. The van der Waals surface area contributed by atoms with Gasteiger partial charge in [0, 0.05) is 19.6 Å². The highest BCUT2D eigenvalue weighted by Gasteiger charge is 2.24. The van der Waals surface area contributed by atoms with Crippen molar-refractivity contribution in [3.8, 4) is 11.5 Å². The van der Waals surface area contributed by atoms with Crippen LogP contribution in [0.2, 0.25) is 0 Å². The molecule has 0 spiro atoms. The maximum Gasteiger partial charge on any atom is 0.317 e. The molecule has 162 valence electrons. The van der Waals surface area contributed by atoms with E-state index >= 15 is 0 Å². The number of para-hydroxylation sites is 2. The van der Waals surface area contributed by atoms with E-state index in [9.17, 15) is 4.79 Å². The minimum atomic E-state index is -0.180. The highest BCUT2D eigenvalue weighted by atomic mass is 16.6. The van der Waals surface area contributed by atoms with Gasteiger partial charge in [-0.15, -0.1) is 0 Å². The smallest absolute Gasteiger partial charge is 0.317 e. The van der Waals surface area contributed by atoms with E-state index in [2.05, 4.69) is 42.3 Å². The molecule has 0 aliphatic carbocycles. The molecule has 0 aromatic heterocycles. The highest BCUT2D eigenvalue weighted by molar-refractivity contribution is 5.74. The molecular formula is C24H33N3O3. The van der Waals surface area contributed by atoms with Crippen LogP contribution in [0.1, 0.15) is 31.9 Å². The predicted octanol–water partition coefficient (Wildman–Crippen LogP) is 3.90. The van der Waals surface area contributed by atoms with Gasteiger partial charge in [0.1, 0.15) is 6.61 Å². The summed E-state index contributed by atoms with van der Waals surface area (Å²) in [7, 11) is 0. The number of nitrogens with one attached hydrogen (secondary N) is 1. The molecule has 0 bridgehead atoms. The number of benzene rings is 2. The number of ether oxygens (including phenoxy) is 2. The zero-order chi connectivity index (χ0) is 21.3. The van der Waals surface area contributed by atoms with Crippen molar-refractivity contribution in [3.05, 3.63) is 59.7 Å². The molecule has 0 saturated carbocycles. The summed E-state index contributed by atoms with van der Waals surface area (Å²) in [6.45, 7) is 11.3. The SMILES string of the molecule is CCN(CC)Cc1ccccc1CNC(=O)N(CC)CC1COc2ccccc2O1. The summed E-state index contributed by atoms with van der Waals surface area (Å²) in [5, 5.41) is 3.08. The molecule has 3 rings (SSSR count). The Morgan fingerprint density at radius 3 is 2.33 bits per heavy atom. The maximum absolute atomic E-state index is 12.8. The van der Waals surface area contributed by atoms with Crippen LogP contribution in [0.25, 0.3) is 0 Å². The van der Waals surface area contributed by atoms with Crippen LogP contribution in [-0.4, -0.2) is 54.7 Å². The van der Waals surface area contributed by atoms with Gasteiger partial charge in [0.05, 0.1) is 6.54 Å². The minimum Gasteiger partial charge on any atom is -0.486 e. The Bertz CT molecular complexity index is 823. The average molecular weight is 412 g/mol. The molecule has 1 heterocycles. The third-order valence-electron chi connectivity index (χ3n) is 5.50. The topological polar surface area (TPSA) is 54.0 Å². The van der Waals surface area contributed by atoms with Gasteiger partial charge in [0.2, 0.25) is 0 Å². The summed E-state index contributed by atoms with van der Waals surface area (Å²) in [6, 6.07) is 15.9. The predicted molar refractivity (Wildman–Crippen MR) is 119 cm³/mol. The Kier molecular flexibility index (Phi) is 7.97. The van der Waals surface area contributed by atoms with Crippen LogP contribution in [0.3, 0.4) is 0 Å². The number of urea groups is 1. The molecule has 6 heteroatoms. The number of hydrogen-bond donors (Lipinski definition) is 1. The van der Waals surface area contributed by atoms with Crippen molar-refractivity contribution < 1.29 is 14.3 Å². The molecule has 0 saturated heterocycles. The molecule has 1 aliphatic rings. The molecule has 1 N–H and O–H groups in total. The number of hydrogen-bond acceptors (Lipinski definition) is 4. The van der Waals surface area contributed by atoms with Crippen molar-refractivity contribution in [2.75, 3.05) is 32.8 Å². The number of fused-ring (bicyclic) bond motifs is 1. The van der Waals surface area contributed by atoms with Crippen molar-refractivity contribution in [1.82, 2.24) is 15.1 Å². The van der Waals surface area contributed by atoms with E-state index in [0.717, 1.165) is 36.7 Å². The van der Waals surface area contributed by atoms with Gasteiger partial charge in [-0.1, -0.05) is 50.2 Å². The first-order valence-corrected chi connectivity index (χ1v) is 10.8. The van der Waals surface area contributed by atoms with Crippen molar-refractivity contribution in [1.29, 1.82) is 0 Å². The Hall–Kier alpha value is -2.73. The molecule has 1 unspecified atom stereocenters. The third-order valence-corrected chi connectivity index (χ3v) is 5.50. The maximum atomic E-state index is 12.8. The largest absolute Gasteiger partial charge is 0.486 e. The Morgan fingerprint density at radius 2 is 1.63 bits per heavy atom. The molecule has 6 nitrogen and oxygen atoms in total. The highest BCUT2D eigenvalue weighted by Crippen LogP contribution is 2.31. The Balaban J connectivity index is 1.56. The van der Waals surface area contributed by atoms with Crippen molar-refractivity contribution in [3.63, 3.8) is 0 Å². The number of carbonyl (C=O) groups is 1. The summed E-state index contributed by atoms with van der Waals surface area (Å²) >= 11 is 0. The van der Waals surface area contributed by atoms with E-state index in [1.807, 2.05) is 37.3 Å². The van der Waals surface area contributed by atoms with Gasteiger partial charge in [-0.2, -0.15) is 0 Å². The molecule has 30 heavy (non-hydrogen) atoms. The number of nitrogens with zero attached hydrogens (tertiary/aromatic N) is 2. The fourth-order valence-electron chi connectivity index (χ4n) is 3.61. The van der Waals surface area contributed by atoms with Crippen LogP contribution in [0.15, 0.2) is 48.5 Å². The number of likely N-dealkylation sites (N-methyl/N-ethyl adjacent to an activating group) is 1. The molecule has 0 radical (unpaired) electrons. The standard InChI is InChI=1S/C24H33N3O3/c1-4-26(5-2)16-20-12-8-7-11-19(20)15-25-24(28)27(6-3)17-21-18-29-22-13-9-10-14-23(22)30-21/h7-14,21H,4-6,15-18H2,1-3H3,(H,25,28). The normalized spacial score (nSPS) is 15.1. The van der Waals surface area contributed by atoms with E-state index in [1.165, 1.54) is 5.56 Å². The molecule has 0 fully saturated rings. The van der Waals surface area contributed by atoms with Crippen molar-refractivity contribution in [2.24, 2.45) is 0 Å². The first-order valence-electron chi connectivity index (χ1n) is 10.8. The number of rotatable bonds is 9. The molecule has 2 aromatic rings. The summed E-state index contributed by atoms with van der Waals surface area (Å²) in [5.74, 6) is 1.49. The molecule has 2 aromatic carbocycles. The van der Waals surface area contributed by atoms with Gasteiger partial charge in [-0.3, -0.25) is 4.90 Å². The Labute approximate surface area is 179 Å². The zero-order valence-electron chi connectivity index (χ0n) is 18.3. The third kappa shape index (κ3) is 5.66. The average Bonchev–Trinajstić information content (AvgIpc) is 2.79. The van der Waals surface area contributed by atoms with E-state index in [4.69, 9.17) is 9.47 Å². The summed E-state index contributed by atoms with van der Waals surface area (Å²) in [6.07, 6.45) is -0.180. The van der Waals surface area contributed by atoms with Crippen LogP contribution in [-0.2, 0) is 13.1 Å². The lowest BCUT2D eigenvalue weighted by Crippen LogP contribution is -2.47. The van der Waals surface area contributed by atoms with Gasteiger partial charge in [0.25, 0.3) is 0 Å². The van der Waals surface area contributed by atoms with Crippen LogP contribution < -0.4 is 14.8 Å². The van der Waals surface area contributed by atoms with Crippen LogP contribution >= 0.6 is 0 Å². The fraction of sp³-hybridized carbons (Fsp3) is 0.458. The van der Waals surface area contributed by atoms with Gasteiger partial charge in [0.15, 0.2) is 17.6 Å². The quantitative estimate of drug-likeness (QED) is 0.680. The van der Waals surface area contributed by atoms with E-state index in [0.29, 0.717) is 26.2 Å². The molecule has 1 atom stereocenters. The lowest BCUT2D eigenvalue weighted by Gasteiger charge is -2.31. The fourth-order valence-corrected chi connectivity index (χ4v) is 3.61. The first kappa shape index (κ1) is 22.0. The van der Waals surface area contributed by atoms with Crippen molar-refractivity contribution >= 4 is 6.03 Å². The first-order chi connectivity index (χ1) is 14.6.